The Morgan fingerprint density at radius 3 is 2.44 bits per heavy atom. The summed E-state index contributed by atoms with van der Waals surface area (Å²) < 4.78 is 9.35. The Hall–Kier alpha value is -3.06. The molecule has 0 N–H and O–H groups in total. The maximum Gasteiger partial charge on any atom is 0.196 e. The fourth-order valence-electron chi connectivity index (χ4n) is 2.76. The van der Waals surface area contributed by atoms with Crippen LogP contribution in [0.4, 0.5) is 0 Å². The number of hydrogen-bond donors (Lipinski definition) is 0. The minimum atomic E-state index is 0.719. The summed E-state index contributed by atoms with van der Waals surface area (Å²) in [7, 11) is 3.65. The number of aryl methyl sites for hydroxylation is 1. The molecule has 0 bridgehead atoms. The third-order valence-corrected chi connectivity index (χ3v) is 5.17. The van der Waals surface area contributed by atoms with Crippen LogP contribution in [0.25, 0.3) is 17.1 Å². The highest BCUT2D eigenvalue weighted by molar-refractivity contribution is 7.98. The van der Waals surface area contributed by atoms with Crippen LogP contribution in [-0.2, 0) is 12.8 Å². The van der Waals surface area contributed by atoms with E-state index in [0.29, 0.717) is 0 Å². The monoisotopic (exact) mass is 377 g/mol. The smallest absolute Gasteiger partial charge is 0.196 e. The zero-order chi connectivity index (χ0) is 18.6. The molecule has 0 saturated carbocycles. The van der Waals surface area contributed by atoms with E-state index in [1.165, 1.54) is 0 Å². The molecular formula is C20H19N5OS. The van der Waals surface area contributed by atoms with Gasteiger partial charge in [0.05, 0.1) is 12.9 Å². The van der Waals surface area contributed by atoms with Crippen molar-refractivity contribution < 1.29 is 4.74 Å². The lowest BCUT2D eigenvalue weighted by atomic mass is 10.2. The van der Waals surface area contributed by atoms with Crippen LogP contribution in [-0.4, -0.2) is 31.4 Å². The summed E-state index contributed by atoms with van der Waals surface area (Å²) in [6, 6.07) is 18.0. The van der Waals surface area contributed by atoms with Crippen LogP contribution in [0.5, 0.6) is 5.75 Å². The van der Waals surface area contributed by atoms with E-state index in [9.17, 15) is 0 Å². The quantitative estimate of drug-likeness (QED) is 0.476. The van der Waals surface area contributed by atoms with Crippen molar-refractivity contribution in [3.8, 4) is 22.8 Å². The molecule has 0 aliphatic carbocycles. The Morgan fingerprint density at radius 1 is 1.00 bits per heavy atom. The number of thioether (sulfide) groups is 1. The topological polar surface area (TPSA) is 57.8 Å². The summed E-state index contributed by atoms with van der Waals surface area (Å²) >= 11 is 1.62. The van der Waals surface area contributed by atoms with Crippen LogP contribution in [0.1, 0.15) is 5.82 Å². The molecule has 0 aliphatic rings. The lowest BCUT2D eigenvalue weighted by Gasteiger charge is -2.10. The number of imidazole rings is 1. The van der Waals surface area contributed by atoms with Crippen LogP contribution in [0, 0.1) is 0 Å². The van der Waals surface area contributed by atoms with Gasteiger partial charge in [0.1, 0.15) is 11.6 Å². The lowest BCUT2D eigenvalue weighted by molar-refractivity contribution is 0.415. The van der Waals surface area contributed by atoms with E-state index in [2.05, 4.69) is 31.9 Å². The minimum Gasteiger partial charge on any atom is -0.497 e. The molecular weight excluding hydrogens is 358 g/mol. The Balaban J connectivity index is 1.73. The average Bonchev–Trinajstić information content (AvgIpc) is 3.33. The number of aromatic nitrogens is 5. The van der Waals surface area contributed by atoms with Gasteiger partial charge in [-0.3, -0.25) is 4.57 Å². The largest absolute Gasteiger partial charge is 0.497 e. The van der Waals surface area contributed by atoms with Crippen LogP contribution in [0.3, 0.4) is 0 Å². The number of methoxy groups -OCH3 is 1. The highest BCUT2D eigenvalue weighted by Gasteiger charge is 2.17. The van der Waals surface area contributed by atoms with E-state index in [4.69, 9.17) is 4.74 Å². The van der Waals surface area contributed by atoms with E-state index in [-0.39, 0.29) is 0 Å². The molecule has 4 rings (SSSR count). The summed E-state index contributed by atoms with van der Waals surface area (Å²) in [5, 5.41) is 9.74. The van der Waals surface area contributed by atoms with Gasteiger partial charge in [0, 0.05) is 30.7 Å². The van der Waals surface area contributed by atoms with E-state index in [1.54, 1.807) is 25.1 Å². The van der Waals surface area contributed by atoms with Gasteiger partial charge >= 0.3 is 0 Å². The van der Waals surface area contributed by atoms with Gasteiger partial charge < -0.3 is 9.30 Å². The van der Waals surface area contributed by atoms with Crippen molar-refractivity contribution in [2.45, 2.75) is 10.9 Å². The Bertz CT molecular complexity index is 1020. The number of rotatable bonds is 6. The molecule has 136 valence electrons. The molecule has 2 heterocycles. The van der Waals surface area contributed by atoms with Gasteiger partial charge in [-0.25, -0.2) is 4.98 Å². The molecule has 0 atom stereocenters. The molecule has 0 spiro atoms. The first-order valence-electron chi connectivity index (χ1n) is 8.50. The van der Waals surface area contributed by atoms with Crippen molar-refractivity contribution in [1.82, 2.24) is 24.3 Å². The van der Waals surface area contributed by atoms with Gasteiger partial charge in [-0.05, 0) is 36.4 Å². The number of benzene rings is 2. The molecule has 6 nitrogen and oxygen atoms in total. The van der Waals surface area contributed by atoms with Crippen LogP contribution < -0.4 is 4.74 Å². The standard InChI is InChI=1S/C20H19N5OS/c1-24-13-12-21-18(24)14-27-20-23-22-19(15-8-10-17(26-2)11-9-15)25(20)16-6-4-3-5-7-16/h3-13H,14H2,1-2H3. The van der Waals surface area contributed by atoms with Gasteiger partial charge in [0.15, 0.2) is 11.0 Å². The highest BCUT2D eigenvalue weighted by atomic mass is 32.2. The number of para-hydroxylation sites is 1. The van der Waals surface area contributed by atoms with Crippen molar-refractivity contribution in [3.05, 3.63) is 72.8 Å². The zero-order valence-corrected chi connectivity index (χ0v) is 15.9. The van der Waals surface area contributed by atoms with Crippen LogP contribution in [0.15, 0.2) is 72.1 Å². The normalized spacial score (nSPS) is 10.9. The van der Waals surface area contributed by atoms with Crippen molar-refractivity contribution in [3.63, 3.8) is 0 Å². The zero-order valence-electron chi connectivity index (χ0n) is 15.1. The maximum absolute atomic E-state index is 5.26. The molecule has 0 fully saturated rings. The summed E-state index contributed by atoms with van der Waals surface area (Å²) in [6.45, 7) is 0. The molecule has 4 aromatic rings. The second kappa shape index (κ2) is 7.67. The molecule has 0 radical (unpaired) electrons. The van der Waals surface area contributed by atoms with Gasteiger partial charge in [-0.2, -0.15) is 0 Å². The third-order valence-electron chi connectivity index (χ3n) is 4.25. The van der Waals surface area contributed by atoms with Crippen LogP contribution in [0.2, 0.25) is 0 Å². The predicted octanol–water partition coefficient (Wildman–Crippen LogP) is 3.97. The Morgan fingerprint density at radius 2 is 1.78 bits per heavy atom. The first kappa shape index (κ1) is 17.4. The molecule has 7 heteroatoms. The van der Waals surface area contributed by atoms with Crippen molar-refractivity contribution in [2.24, 2.45) is 7.05 Å². The first-order chi connectivity index (χ1) is 13.3. The third kappa shape index (κ3) is 3.59. The molecule has 2 aromatic carbocycles. The van der Waals surface area contributed by atoms with E-state index in [0.717, 1.165) is 39.6 Å². The Labute approximate surface area is 161 Å². The second-order valence-electron chi connectivity index (χ2n) is 5.95. The summed E-state index contributed by atoms with van der Waals surface area (Å²) in [4.78, 5) is 4.39. The van der Waals surface area contributed by atoms with Crippen molar-refractivity contribution in [2.75, 3.05) is 7.11 Å². The SMILES string of the molecule is COc1ccc(-c2nnc(SCc3nccn3C)n2-c2ccccc2)cc1. The predicted molar refractivity (Wildman–Crippen MR) is 106 cm³/mol. The highest BCUT2D eigenvalue weighted by Crippen LogP contribution is 2.30. The second-order valence-corrected chi connectivity index (χ2v) is 6.89. The first-order valence-corrected chi connectivity index (χ1v) is 9.49. The average molecular weight is 377 g/mol. The van der Waals surface area contributed by atoms with Gasteiger partial charge in [0.25, 0.3) is 0 Å². The molecule has 0 unspecified atom stereocenters. The maximum atomic E-state index is 5.26. The van der Waals surface area contributed by atoms with E-state index in [1.807, 2.05) is 60.3 Å². The minimum absolute atomic E-state index is 0.719. The fraction of sp³-hybridized carbons (Fsp3) is 0.150. The lowest BCUT2D eigenvalue weighted by Crippen LogP contribution is -2.01. The summed E-state index contributed by atoms with van der Waals surface area (Å²) in [5.74, 6) is 3.32. The van der Waals surface area contributed by atoms with Gasteiger partial charge in [-0.15, -0.1) is 10.2 Å². The van der Waals surface area contributed by atoms with Crippen molar-refractivity contribution in [1.29, 1.82) is 0 Å². The molecule has 0 amide bonds. The Kier molecular flexibility index (Phi) is 4.93. The summed E-state index contributed by atoms with van der Waals surface area (Å²) in [6.07, 6.45) is 3.75. The van der Waals surface area contributed by atoms with Crippen LogP contribution >= 0.6 is 11.8 Å². The fourth-order valence-corrected chi connectivity index (χ4v) is 3.72. The number of nitrogens with zero attached hydrogens (tertiary/aromatic N) is 5. The molecule has 2 aromatic heterocycles. The summed E-state index contributed by atoms with van der Waals surface area (Å²) in [5.41, 5.74) is 2.01. The molecule has 0 aliphatic heterocycles. The van der Waals surface area contributed by atoms with E-state index < -0.39 is 0 Å². The van der Waals surface area contributed by atoms with Gasteiger partial charge in [0.2, 0.25) is 0 Å². The van der Waals surface area contributed by atoms with Gasteiger partial charge in [-0.1, -0.05) is 30.0 Å². The number of hydrogen-bond acceptors (Lipinski definition) is 5. The van der Waals surface area contributed by atoms with E-state index >= 15 is 0 Å². The van der Waals surface area contributed by atoms with Crippen molar-refractivity contribution >= 4 is 11.8 Å². The molecule has 27 heavy (non-hydrogen) atoms. The number of ether oxygens (including phenoxy) is 1. The molecule has 0 saturated heterocycles.